The number of nitrogens with one attached hydrogen (secondary N) is 1. The normalized spacial score (nSPS) is 18.7. The maximum atomic E-state index is 14.3. The Hall–Kier alpha value is -2.11. The van der Waals surface area contributed by atoms with Gasteiger partial charge in [0, 0.05) is 5.92 Å². The average Bonchev–Trinajstić information content (AvgIpc) is 3.18. The molecule has 110 valence electrons. The van der Waals surface area contributed by atoms with Crippen LogP contribution in [0.15, 0.2) is 12.1 Å². The van der Waals surface area contributed by atoms with Gasteiger partial charge in [0.15, 0.2) is 5.82 Å². The van der Waals surface area contributed by atoms with Crippen LogP contribution in [0.1, 0.15) is 44.3 Å². The molecule has 21 heavy (non-hydrogen) atoms. The molecule has 0 amide bonds. The van der Waals surface area contributed by atoms with E-state index in [4.69, 9.17) is 4.74 Å². The number of nitrogens with zero attached hydrogens (tertiary/aromatic N) is 3. The van der Waals surface area contributed by atoms with Gasteiger partial charge in [-0.15, -0.1) is 10.2 Å². The highest BCUT2D eigenvalue weighted by molar-refractivity contribution is 5.72. The van der Waals surface area contributed by atoms with Gasteiger partial charge in [0.1, 0.15) is 23.1 Å². The van der Waals surface area contributed by atoms with Crippen LogP contribution in [0.3, 0.4) is 0 Å². The maximum absolute atomic E-state index is 14.3. The van der Waals surface area contributed by atoms with Gasteiger partial charge in [0.05, 0.1) is 18.3 Å². The molecule has 1 saturated carbocycles. The van der Waals surface area contributed by atoms with Gasteiger partial charge >= 0.3 is 0 Å². The van der Waals surface area contributed by atoms with Crippen molar-refractivity contribution in [3.05, 3.63) is 29.6 Å². The minimum atomic E-state index is -0.486. The van der Waals surface area contributed by atoms with E-state index in [2.05, 4.69) is 15.5 Å². The summed E-state index contributed by atoms with van der Waals surface area (Å²) in [5.41, 5.74) is 0.646. The van der Waals surface area contributed by atoms with Gasteiger partial charge in [-0.1, -0.05) is 0 Å². The summed E-state index contributed by atoms with van der Waals surface area (Å²) in [6.07, 6.45) is 2.22. The van der Waals surface area contributed by atoms with Crippen LogP contribution < -0.4 is 10.1 Å². The molecule has 1 aromatic heterocycles. The van der Waals surface area contributed by atoms with Crippen molar-refractivity contribution in [1.82, 2.24) is 14.8 Å². The van der Waals surface area contributed by atoms with Crippen LogP contribution in [0.4, 0.5) is 10.1 Å². The molecule has 2 aromatic rings. The van der Waals surface area contributed by atoms with Gasteiger partial charge < -0.3 is 10.1 Å². The fraction of sp³-hybridized carbons (Fsp3) is 0.467. The van der Waals surface area contributed by atoms with Gasteiger partial charge in [0.25, 0.3) is 0 Å². The molecule has 2 heterocycles. The molecular weight excluding hydrogens is 271 g/mol. The summed E-state index contributed by atoms with van der Waals surface area (Å²) in [6, 6.07) is 3.07. The van der Waals surface area contributed by atoms with Crippen molar-refractivity contribution in [2.45, 2.75) is 38.1 Å². The Morgan fingerprint density at radius 1 is 1.33 bits per heavy atom. The number of fused-ring (bicyclic) bond motifs is 3. The third-order valence-electron chi connectivity index (χ3n) is 4.16. The van der Waals surface area contributed by atoms with E-state index in [1.54, 1.807) is 13.2 Å². The van der Waals surface area contributed by atoms with Crippen molar-refractivity contribution in [3.8, 4) is 11.4 Å². The molecule has 4 rings (SSSR count). The molecular formula is C15H17FN4O. The topological polar surface area (TPSA) is 52.0 Å². The van der Waals surface area contributed by atoms with Crippen LogP contribution in [0.5, 0.6) is 5.75 Å². The zero-order chi connectivity index (χ0) is 14.8. The molecule has 0 atom stereocenters. The van der Waals surface area contributed by atoms with Gasteiger partial charge in [-0.25, -0.2) is 4.39 Å². The van der Waals surface area contributed by atoms with Crippen LogP contribution in [0, 0.1) is 5.82 Å². The number of ether oxygens (including phenoxy) is 1. The molecule has 5 nitrogen and oxygen atoms in total. The predicted octanol–water partition coefficient (Wildman–Crippen LogP) is 2.95. The maximum Gasteiger partial charge on any atom is 0.163 e. The van der Waals surface area contributed by atoms with Crippen molar-refractivity contribution in [2.75, 3.05) is 12.4 Å². The second-order valence-corrected chi connectivity index (χ2v) is 6.21. The predicted molar refractivity (Wildman–Crippen MR) is 76.5 cm³/mol. The number of hydrogen-bond donors (Lipinski definition) is 1. The highest BCUT2D eigenvalue weighted by atomic mass is 19.1. The molecule has 2 aliphatic rings. The van der Waals surface area contributed by atoms with E-state index in [0.29, 0.717) is 23.0 Å². The van der Waals surface area contributed by atoms with Crippen molar-refractivity contribution in [2.24, 2.45) is 0 Å². The molecule has 6 heteroatoms. The number of rotatable bonds is 2. The van der Waals surface area contributed by atoms with Gasteiger partial charge in [-0.05, 0) is 38.8 Å². The van der Waals surface area contributed by atoms with E-state index in [9.17, 15) is 4.39 Å². The number of benzene rings is 1. The molecule has 0 unspecified atom stereocenters. The Labute approximate surface area is 122 Å². The van der Waals surface area contributed by atoms with E-state index in [1.807, 2.05) is 18.4 Å². The summed E-state index contributed by atoms with van der Waals surface area (Å²) >= 11 is 0. The van der Waals surface area contributed by atoms with E-state index in [0.717, 1.165) is 24.5 Å². The molecule has 1 aliphatic carbocycles. The summed E-state index contributed by atoms with van der Waals surface area (Å²) in [6.45, 7) is 3.96. The lowest BCUT2D eigenvalue weighted by Gasteiger charge is -2.34. The first-order chi connectivity index (χ1) is 10.0. The van der Waals surface area contributed by atoms with E-state index < -0.39 is 5.54 Å². The van der Waals surface area contributed by atoms with Crippen LogP contribution in [-0.2, 0) is 5.54 Å². The third-order valence-corrected chi connectivity index (χ3v) is 4.16. The van der Waals surface area contributed by atoms with Gasteiger partial charge in [0.2, 0.25) is 0 Å². The Morgan fingerprint density at radius 2 is 2.10 bits per heavy atom. The molecule has 1 aromatic carbocycles. The monoisotopic (exact) mass is 288 g/mol. The first-order valence-corrected chi connectivity index (χ1v) is 7.14. The number of methoxy groups -OCH3 is 1. The standard InChI is InChI=1S/C15H17FN4O/c1-15(2)14-19-18-13(8-4-5-8)20(14)12-10(21-3)7-6-9(16)11(12)17-15/h6-8,17H,4-5H2,1-3H3. The number of anilines is 1. The van der Waals surface area contributed by atoms with Crippen LogP contribution in [0.25, 0.3) is 5.69 Å². The molecule has 0 spiro atoms. The Morgan fingerprint density at radius 3 is 2.76 bits per heavy atom. The molecule has 0 radical (unpaired) electrons. The number of aromatic nitrogens is 3. The first-order valence-electron chi connectivity index (χ1n) is 7.14. The van der Waals surface area contributed by atoms with Crippen LogP contribution in [0.2, 0.25) is 0 Å². The molecule has 1 fully saturated rings. The Balaban J connectivity index is 2.06. The van der Waals surface area contributed by atoms with Crippen molar-refractivity contribution >= 4 is 5.69 Å². The second kappa shape index (κ2) is 3.96. The highest BCUT2D eigenvalue weighted by Crippen LogP contribution is 2.47. The lowest BCUT2D eigenvalue weighted by Crippen LogP contribution is -2.36. The van der Waals surface area contributed by atoms with Crippen molar-refractivity contribution < 1.29 is 9.13 Å². The number of hydrogen-bond acceptors (Lipinski definition) is 4. The summed E-state index contributed by atoms with van der Waals surface area (Å²) in [7, 11) is 1.59. The highest BCUT2D eigenvalue weighted by Gasteiger charge is 2.41. The van der Waals surface area contributed by atoms with Crippen LogP contribution in [-0.4, -0.2) is 21.9 Å². The second-order valence-electron chi connectivity index (χ2n) is 6.21. The smallest absolute Gasteiger partial charge is 0.163 e. The summed E-state index contributed by atoms with van der Waals surface area (Å²) in [4.78, 5) is 0. The van der Waals surface area contributed by atoms with E-state index in [-0.39, 0.29) is 5.82 Å². The summed E-state index contributed by atoms with van der Waals surface area (Å²) < 4.78 is 21.7. The minimum Gasteiger partial charge on any atom is -0.494 e. The summed E-state index contributed by atoms with van der Waals surface area (Å²) in [5.74, 6) is 2.45. The molecule has 0 saturated heterocycles. The lowest BCUT2D eigenvalue weighted by molar-refractivity contribution is 0.407. The summed E-state index contributed by atoms with van der Waals surface area (Å²) in [5, 5.41) is 11.9. The van der Waals surface area contributed by atoms with E-state index in [1.165, 1.54) is 6.07 Å². The quantitative estimate of drug-likeness (QED) is 0.923. The molecule has 1 N–H and O–H groups in total. The third kappa shape index (κ3) is 1.68. The lowest BCUT2D eigenvalue weighted by atomic mass is 9.99. The van der Waals surface area contributed by atoms with Gasteiger partial charge in [-0.2, -0.15) is 0 Å². The first kappa shape index (κ1) is 12.6. The minimum absolute atomic E-state index is 0.292. The molecule has 1 aliphatic heterocycles. The fourth-order valence-electron chi connectivity index (χ4n) is 2.95. The molecule has 0 bridgehead atoms. The fourth-order valence-corrected chi connectivity index (χ4v) is 2.95. The Bertz CT molecular complexity index is 734. The SMILES string of the molecule is COc1ccc(F)c2c1-n1c(C3CC3)nnc1C(C)(C)N2. The Kier molecular flexibility index (Phi) is 2.38. The zero-order valence-corrected chi connectivity index (χ0v) is 12.3. The zero-order valence-electron chi connectivity index (χ0n) is 12.3. The largest absolute Gasteiger partial charge is 0.494 e. The van der Waals surface area contributed by atoms with Gasteiger partial charge in [-0.3, -0.25) is 4.57 Å². The van der Waals surface area contributed by atoms with Crippen molar-refractivity contribution in [3.63, 3.8) is 0 Å². The average molecular weight is 288 g/mol. The number of halogens is 1. The van der Waals surface area contributed by atoms with Crippen LogP contribution >= 0.6 is 0 Å². The van der Waals surface area contributed by atoms with Crippen molar-refractivity contribution in [1.29, 1.82) is 0 Å². The van der Waals surface area contributed by atoms with E-state index >= 15 is 0 Å².